The maximum absolute atomic E-state index is 13.9. The highest BCUT2D eigenvalue weighted by molar-refractivity contribution is 5.80. The van der Waals surface area contributed by atoms with Gasteiger partial charge in [-0.1, -0.05) is 54.6 Å². The fourth-order valence-corrected chi connectivity index (χ4v) is 4.67. The van der Waals surface area contributed by atoms with Crippen LogP contribution in [-0.2, 0) is 0 Å². The van der Waals surface area contributed by atoms with E-state index in [0.717, 1.165) is 29.9 Å². The zero-order valence-electron chi connectivity index (χ0n) is 20.3. The first-order valence-corrected chi connectivity index (χ1v) is 12.2. The Balaban J connectivity index is 1.58. The van der Waals surface area contributed by atoms with Gasteiger partial charge in [0.05, 0.1) is 16.6 Å². The smallest absolute Gasteiger partial charge is 0.246 e. The number of pyridine rings is 3. The molecule has 0 saturated carbocycles. The van der Waals surface area contributed by atoms with E-state index in [1.807, 2.05) is 54.6 Å². The third-order valence-corrected chi connectivity index (χ3v) is 6.59. The van der Waals surface area contributed by atoms with E-state index in [0.29, 0.717) is 16.6 Å². The molecule has 0 bridgehead atoms. The quantitative estimate of drug-likeness (QED) is 0.358. The van der Waals surface area contributed by atoms with Crippen LogP contribution in [0.1, 0.15) is 0 Å². The van der Waals surface area contributed by atoms with Gasteiger partial charge in [-0.05, 0) is 54.6 Å². The van der Waals surface area contributed by atoms with E-state index in [9.17, 15) is 14.4 Å². The molecule has 0 radical (unpaired) electrons. The molecule has 0 amide bonds. The number of fused-ring (bicyclic) bond motifs is 3. The standard InChI is InChI=1S/C30H18N6O3/c37-28-34(25-16-13-19-7-1-4-10-22(19)31-25)29(38)36(27-18-15-21-9-3-6-12-24(21)33-27)30(39)35(28)26-17-14-20-8-2-5-11-23(20)32-26/h1-18H. The van der Waals surface area contributed by atoms with Gasteiger partial charge in [0.15, 0.2) is 0 Å². The van der Waals surface area contributed by atoms with Crippen molar-refractivity contribution in [2.24, 2.45) is 0 Å². The minimum absolute atomic E-state index is 0.0766. The number of hydrogen-bond donors (Lipinski definition) is 0. The van der Waals surface area contributed by atoms with Crippen molar-refractivity contribution in [3.8, 4) is 17.5 Å². The summed E-state index contributed by atoms with van der Waals surface area (Å²) in [6.07, 6.45) is 0. The summed E-state index contributed by atoms with van der Waals surface area (Å²) in [5.74, 6) is 0.230. The molecule has 0 unspecified atom stereocenters. The number of benzene rings is 3. The highest BCUT2D eigenvalue weighted by Gasteiger charge is 2.22. The predicted molar refractivity (Wildman–Crippen MR) is 149 cm³/mol. The first kappa shape index (κ1) is 22.5. The Morgan fingerprint density at radius 1 is 0.359 bits per heavy atom. The first-order valence-electron chi connectivity index (χ1n) is 12.2. The third kappa shape index (κ3) is 3.64. The van der Waals surface area contributed by atoms with Gasteiger partial charge in [-0.25, -0.2) is 29.3 Å². The zero-order valence-corrected chi connectivity index (χ0v) is 20.3. The monoisotopic (exact) mass is 510 g/mol. The van der Waals surface area contributed by atoms with Gasteiger partial charge in [-0.2, -0.15) is 13.7 Å². The Kier molecular flexibility index (Phi) is 5.02. The SMILES string of the molecule is O=c1n(-c2ccc3ccccc3n2)c(=O)n(-c2ccc3ccccc3n2)c(=O)n1-c1ccc2ccccc2n1. The van der Waals surface area contributed by atoms with Crippen LogP contribution in [0.3, 0.4) is 0 Å². The highest BCUT2D eigenvalue weighted by atomic mass is 16.2. The number of para-hydroxylation sites is 3. The molecule has 7 rings (SSSR count). The van der Waals surface area contributed by atoms with Gasteiger partial charge in [-0.3, -0.25) is 0 Å². The lowest BCUT2D eigenvalue weighted by Gasteiger charge is -2.14. The molecule has 0 N–H and O–H groups in total. The molecule has 0 aliphatic rings. The maximum Gasteiger partial charge on any atom is 0.348 e. The summed E-state index contributed by atoms with van der Waals surface area (Å²) in [7, 11) is 0. The summed E-state index contributed by atoms with van der Waals surface area (Å²) >= 11 is 0. The molecule has 4 heterocycles. The normalized spacial score (nSPS) is 11.4. The molecular weight excluding hydrogens is 492 g/mol. The van der Waals surface area contributed by atoms with Crippen molar-refractivity contribution in [1.29, 1.82) is 0 Å². The Bertz CT molecular complexity index is 1980. The molecule has 4 aromatic heterocycles. The topological polar surface area (TPSA) is 105 Å². The second kappa shape index (κ2) is 8.70. The minimum Gasteiger partial charge on any atom is -0.246 e. The lowest BCUT2D eigenvalue weighted by atomic mass is 10.2. The maximum atomic E-state index is 13.9. The van der Waals surface area contributed by atoms with Crippen molar-refractivity contribution in [3.63, 3.8) is 0 Å². The van der Waals surface area contributed by atoms with Gasteiger partial charge in [-0.15, -0.1) is 0 Å². The summed E-state index contributed by atoms with van der Waals surface area (Å²) in [4.78, 5) is 55.4. The summed E-state index contributed by atoms with van der Waals surface area (Å²) in [5.41, 5.74) is -0.859. The van der Waals surface area contributed by atoms with E-state index in [2.05, 4.69) is 15.0 Å². The van der Waals surface area contributed by atoms with Crippen LogP contribution >= 0.6 is 0 Å². The Hall–Kier alpha value is -5.70. The Morgan fingerprint density at radius 3 is 0.949 bits per heavy atom. The van der Waals surface area contributed by atoms with E-state index in [4.69, 9.17) is 0 Å². The van der Waals surface area contributed by atoms with Gasteiger partial charge in [0.1, 0.15) is 17.5 Å². The van der Waals surface area contributed by atoms with Crippen molar-refractivity contribution in [2.45, 2.75) is 0 Å². The van der Waals surface area contributed by atoms with Crippen LogP contribution in [0, 0.1) is 0 Å². The molecule has 0 aliphatic heterocycles. The van der Waals surface area contributed by atoms with Crippen LogP contribution in [-0.4, -0.2) is 28.7 Å². The van der Waals surface area contributed by atoms with Gasteiger partial charge in [0, 0.05) is 16.2 Å². The van der Waals surface area contributed by atoms with Crippen molar-refractivity contribution in [3.05, 3.63) is 141 Å². The molecule has 9 heteroatoms. The molecular formula is C30H18N6O3. The second-order valence-electron chi connectivity index (χ2n) is 8.94. The molecule has 0 aliphatic carbocycles. The number of aromatic nitrogens is 6. The molecule has 0 fully saturated rings. The van der Waals surface area contributed by atoms with E-state index in [1.165, 1.54) is 0 Å². The molecule has 186 valence electrons. The average Bonchev–Trinajstić information content (AvgIpc) is 2.97. The molecule has 7 aromatic rings. The zero-order chi connectivity index (χ0) is 26.5. The lowest BCUT2D eigenvalue weighted by molar-refractivity contribution is 0.641. The molecule has 0 spiro atoms. The van der Waals surface area contributed by atoms with E-state index in [-0.39, 0.29) is 17.5 Å². The molecule has 9 nitrogen and oxygen atoms in total. The van der Waals surface area contributed by atoms with Crippen LogP contribution in [0.15, 0.2) is 124 Å². The number of nitrogens with zero attached hydrogens (tertiary/aromatic N) is 6. The molecule has 0 saturated heterocycles. The predicted octanol–water partition coefficient (Wildman–Crippen LogP) is 3.78. The van der Waals surface area contributed by atoms with Crippen LogP contribution in [0.4, 0.5) is 0 Å². The van der Waals surface area contributed by atoms with Crippen LogP contribution in [0.25, 0.3) is 50.2 Å². The van der Waals surface area contributed by atoms with Gasteiger partial charge in [0.2, 0.25) is 0 Å². The number of hydrogen-bond acceptors (Lipinski definition) is 6. The fraction of sp³-hybridized carbons (Fsp3) is 0. The van der Waals surface area contributed by atoms with E-state index >= 15 is 0 Å². The largest absolute Gasteiger partial charge is 0.348 e. The molecule has 0 atom stereocenters. The molecule has 3 aromatic carbocycles. The summed E-state index contributed by atoms with van der Waals surface area (Å²) in [6, 6.07) is 32.1. The van der Waals surface area contributed by atoms with Crippen molar-refractivity contribution >= 4 is 32.7 Å². The highest BCUT2D eigenvalue weighted by Crippen LogP contribution is 2.16. The van der Waals surface area contributed by atoms with Crippen molar-refractivity contribution in [1.82, 2.24) is 28.7 Å². The number of rotatable bonds is 3. The second-order valence-corrected chi connectivity index (χ2v) is 8.94. The van der Waals surface area contributed by atoms with Gasteiger partial charge < -0.3 is 0 Å². The average molecular weight is 511 g/mol. The van der Waals surface area contributed by atoms with E-state index < -0.39 is 17.1 Å². The first-order chi connectivity index (χ1) is 19.1. The summed E-state index contributed by atoms with van der Waals surface area (Å²) in [6.45, 7) is 0. The van der Waals surface area contributed by atoms with Crippen LogP contribution in [0.5, 0.6) is 0 Å². The lowest BCUT2D eigenvalue weighted by Crippen LogP contribution is -2.53. The third-order valence-electron chi connectivity index (χ3n) is 6.59. The Morgan fingerprint density at radius 2 is 0.641 bits per heavy atom. The van der Waals surface area contributed by atoms with Gasteiger partial charge in [0.25, 0.3) is 0 Å². The van der Waals surface area contributed by atoms with Crippen LogP contribution < -0.4 is 17.1 Å². The van der Waals surface area contributed by atoms with E-state index in [1.54, 1.807) is 54.6 Å². The summed E-state index contributed by atoms with van der Waals surface area (Å²) < 4.78 is 2.63. The minimum atomic E-state index is -0.882. The van der Waals surface area contributed by atoms with Crippen LogP contribution in [0.2, 0.25) is 0 Å². The summed E-state index contributed by atoms with van der Waals surface area (Å²) in [5, 5.41) is 2.53. The van der Waals surface area contributed by atoms with Crippen molar-refractivity contribution in [2.75, 3.05) is 0 Å². The Labute approximate surface area is 219 Å². The molecule has 39 heavy (non-hydrogen) atoms. The van der Waals surface area contributed by atoms with Gasteiger partial charge >= 0.3 is 17.1 Å². The fourth-order valence-electron chi connectivity index (χ4n) is 4.67. The van der Waals surface area contributed by atoms with Crippen molar-refractivity contribution < 1.29 is 0 Å².